The third kappa shape index (κ3) is 2.53. The fourth-order valence-corrected chi connectivity index (χ4v) is 2.81. The van der Waals surface area contributed by atoms with Crippen LogP contribution in [0.1, 0.15) is 0 Å². The van der Waals surface area contributed by atoms with E-state index in [2.05, 4.69) is 22.3 Å². The summed E-state index contributed by atoms with van der Waals surface area (Å²) in [6.07, 6.45) is 0. The zero-order valence-electron chi connectivity index (χ0n) is 12.4. The zero-order valence-corrected chi connectivity index (χ0v) is 13.2. The molecule has 4 rings (SSSR count). The summed E-state index contributed by atoms with van der Waals surface area (Å²) in [4.78, 5) is 2.17. The number of nitrogen functional groups attached to an aromatic ring is 2. The smallest absolute Gasteiger partial charge is 0.0718 e. The van der Waals surface area contributed by atoms with Gasteiger partial charge < -0.3 is 21.7 Å². The van der Waals surface area contributed by atoms with Crippen molar-refractivity contribution >= 4 is 52.2 Å². The van der Waals surface area contributed by atoms with Gasteiger partial charge in [-0.25, -0.2) is 0 Å². The molecule has 0 aromatic heterocycles. The van der Waals surface area contributed by atoms with E-state index in [-0.39, 0.29) is 12.4 Å². The van der Waals surface area contributed by atoms with Gasteiger partial charge in [0.2, 0.25) is 0 Å². The third-order valence-electron chi connectivity index (χ3n) is 3.81. The van der Waals surface area contributed by atoms with E-state index in [0.29, 0.717) is 0 Å². The summed E-state index contributed by atoms with van der Waals surface area (Å²) < 4.78 is 0. The Morgan fingerprint density at radius 1 is 0.696 bits per heavy atom. The monoisotopic (exact) mass is 324 g/mol. The molecule has 0 spiro atoms. The van der Waals surface area contributed by atoms with E-state index in [1.807, 2.05) is 54.6 Å². The van der Waals surface area contributed by atoms with E-state index in [1.165, 1.54) is 0 Å². The van der Waals surface area contributed by atoms with Crippen LogP contribution in [0.4, 0.5) is 39.8 Å². The van der Waals surface area contributed by atoms with Gasteiger partial charge in [0, 0.05) is 17.1 Å². The maximum Gasteiger partial charge on any atom is 0.0718 e. The van der Waals surface area contributed by atoms with Crippen LogP contribution in [0.5, 0.6) is 0 Å². The summed E-state index contributed by atoms with van der Waals surface area (Å²) in [6.45, 7) is 0. The second-order valence-corrected chi connectivity index (χ2v) is 5.35. The zero-order chi connectivity index (χ0) is 15.1. The molecule has 0 radical (unpaired) electrons. The van der Waals surface area contributed by atoms with Crippen LogP contribution in [0.15, 0.2) is 66.7 Å². The van der Waals surface area contributed by atoms with Crippen molar-refractivity contribution in [2.24, 2.45) is 0 Å². The van der Waals surface area contributed by atoms with Gasteiger partial charge in [0.15, 0.2) is 0 Å². The third-order valence-corrected chi connectivity index (χ3v) is 3.81. The van der Waals surface area contributed by atoms with Gasteiger partial charge in [-0.1, -0.05) is 18.2 Å². The number of nitrogens with two attached hydrogens (primary N) is 2. The standard InChI is InChI=1S/C18H16N4.ClH/c19-12-6-8-15-17(10-12)22(14-4-2-1-3-5-14)18-11-13(20)7-9-16(18)21-15;/h1-11,21H,19-20H2;1H. The van der Waals surface area contributed by atoms with Crippen molar-refractivity contribution in [3.05, 3.63) is 66.7 Å². The summed E-state index contributed by atoms with van der Waals surface area (Å²) >= 11 is 0. The Morgan fingerprint density at radius 2 is 1.22 bits per heavy atom. The van der Waals surface area contributed by atoms with E-state index in [1.54, 1.807) is 0 Å². The van der Waals surface area contributed by atoms with Crippen molar-refractivity contribution in [1.82, 2.24) is 0 Å². The molecule has 23 heavy (non-hydrogen) atoms. The number of rotatable bonds is 1. The van der Waals surface area contributed by atoms with E-state index < -0.39 is 0 Å². The molecule has 3 aromatic carbocycles. The van der Waals surface area contributed by atoms with Crippen LogP contribution in [0.2, 0.25) is 0 Å². The van der Waals surface area contributed by atoms with E-state index in [9.17, 15) is 0 Å². The second kappa shape index (κ2) is 5.74. The predicted octanol–water partition coefficient (Wildman–Crippen LogP) is 4.80. The van der Waals surface area contributed by atoms with Crippen molar-refractivity contribution in [2.75, 3.05) is 21.7 Å². The Labute approximate surface area is 141 Å². The molecule has 1 heterocycles. The summed E-state index contributed by atoms with van der Waals surface area (Å²) in [5, 5.41) is 3.44. The molecule has 0 fully saturated rings. The molecule has 0 aliphatic carbocycles. The Bertz CT molecular complexity index is 797. The summed E-state index contributed by atoms with van der Waals surface area (Å²) in [6, 6.07) is 21.9. The van der Waals surface area contributed by atoms with Gasteiger partial charge in [-0.05, 0) is 48.5 Å². The number of benzene rings is 3. The molecule has 0 saturated carbocycles. The maximum atomic E-state index is 5.99. The average Bonchev–Trinajstić information content (AvgIpc) is 2.54. The second-order valence-electron chi connectivity index (χ2n) is 5.35. The molecule has 5 heteroatoms. The van der Waals surface area contributed by atoms with Crippen LogP contribution >= 0.6 is 12.4 Å². The number of hydrogen-bond donors (Lipinski definition) is 3. The van der Waals surface area contributed by atoms with Crippen LogP contribution in [0, 0.1) is 0 Å². The molecule has 5 N–H and O–H groups in total. The van der Waals surface area contributed by atoms with Gasteiger partial charge in [-0.3, -0.25) is 0 Å². The van der Waals surface area contributed by atoms with E-state index in [0.717, 1.165) is 39.8 Å². The first-order chi connectivity index (χ1) is 10.7. The first-order valence-corrected chi connectivity index (χ1v) is 7.13. The summed E-state index contributed by atoms with van der Waals surface area (Å²) in [7, 11) is 0. The summed E-state index contributed by atoms with van der Waals surface area (Å²) in [5.41, 5.74) is 18.6. The Kier molecular flexibility index (Phi) is 3.76. The van der Waals surface area contributed by atoms with Crippen molar-refractivity contribution < 1.29 is 0 Å². The molecule has 1 aliphatic rings. The number of halogens is 1. The number of fused-ring (bicyclic) bond motifs is 2. The first kappa shape index (κ1) is 15.1. The molecule has 4 nitrogen and oxygen atoms in total. The minimum absolute atomic E-state index is 0. The number of anilines is 7. The molecule has 0 saturated heterocycles. The van der Waals surface area contributed by atoms with Gasteiger partial charge in [-0.2, -0.15) is 0 Å². The lowest BCUT2D eigenvalue weighted by molar-refractivity contribution is 1.25. The van der Waals surface area contributed by atoms with Gasteiger partial charge in [0.25, 0.3) is 0 Å². The van der Waals surface area contributed by atoms with Gasteiger partial charge in [0.05, 0.1) is 22.7 Å². The van der Waals surface area contributed by atoms with Crippen LogP contribution < -0.4 is 21.7 Å². The predicted molar refractivity (Wildman–Crippen MR) is 100 cm³/mol. The lowest BCUT2D eigenvalue weighted by atomic mass is 10.1. The van der Waals surface area contributed by atoms with Crippen LogP contribution in [0.25, 0.3) is 0 Å². The lowest BCUT2D eigenvalue weighted by Gasteiger charge is -2.34. The van der Waals surface area contributed by atoms with Crippen molar-refractivity contribution in [3.63, 3.8) is 0 Å². The maximum absolute atomic E-state index is 5.99. The number of nitrogens with one attached hydrogen (secondary N) is 1. The highest BCUT2D eigenvalue weighted by Gasteiger charge is 2.24. The Hall–Kier alpha value is -2.85. The van der Waals surface area contributed by atoms with Crippen molar-refractivity contribution in [3.8, 4) is 0 Å². The minimum Gasteiger partial charge on any atom is -0.399 e. The normalized spacial score (nSPS) is 11.7. The molecule has 3 aromatic rings. The topological polar surface area (TPSA) is 67.3 Å². The Morgan fingerprint density at radius 3 is 1.74 bits per heavy atom. The van der Waals surface area contributed by atoms with E-state index >= 15 is 0 Å². The molecule has 0 amide bonds. The van der Waals surface area contributed by atoms with Crippen molar-refractivity contribution in [1.29, 1.82) is 0 Å². The molecule has 116 valence electrons. The molecular formula is C18H17ClN4. The van der Waals surface area contributed by atoms with Crippen LogP contribution in [-0.4, -0.2) is 0 Å². The number of nitrogens with zero attached hydrogens (tertiary/aromatic N) is 1. The van der Waals surface area contributed by atoms with Gasteiger partial charge >= 0.3 is 0 Å². The molecule has 0 atom stereocenters. The van der Waals surface area contributed by atoms with Crippen LogP contribution in [0.3, 0.4) is 0 Å². The number of para-hydroxylation sites is 1. The highest BCUT2D eigenvalue weighted by atomic mass is 35.5. The molecule has 0 bridgehead atoms. The molecule has 0 unspecified atom stereocenters. The average molecular weight is 325 g/mol. The highest BCUT2D eigenvalue weighted by Crippen LogP contribution is 2.48. The lowest BCUT2D eigenvalue weighted by Crippen LogP contribution is -2.18. The first-order valence-electron chi connectivity index (χ1n) is 7.13. The van der Waals surface area contributed by atoms with Crippen molar-refractivity contribution in [2.45, 2.75) is 0 Å². The SMILES string of the molecule is Cl.Nc1ccc2c(c1)N(c1ccccc1)c1cc(N)ccc1N2. The van der Waals surface area contributed by atoms with Gasteiger partial charge in [-0.15, -0.1) is 12.4 Å². The quantitative estimate of drug-likeness (QED) is 0.440. The molecule has 1 aliphatic heterocycles. The summed E-state index contributed by atoms with van der Waals surface area (Å²) in [5.74, 6) is 0. The van der Waals surface area contributed by atoms with E-state index in [4.69, 9.17) is 11.5 Å². The molecular weight excluding hydrogens is 308 g/mol. The largest absolute Gasteiger partial charge is 0.399 e. The van der Waals surface area contributed by atoms with Crippen LogP contribution in [-0.2, 0) is 0 Å². The van der Waals surface area contributed by atoms with Gasteiger partial charge in [0.1, 0.15) is 0 Å². The fourth-order valence-electron chi connectivity index (χ4n) is 2.81. The highest BCUT2D eigenvalue weighted by molar-refractivity contribution is 5.98. The Balaban J connectivity index is 0.00000156. The minimum atomic E-state index is 0. The number of hydrogen-bond acceptors (Lipinski definition) is 4. The fraction of sp³-hybridized carbons (Fsp3) is 0.